The van der Waals surface area contributed by atoms with Crippen LogP contribution in [0.25, 0.3) is 0 Å². The third-order valence-corrected chi connectivity index (χ3v) is 6.42. The molecule has 0 atom stereocenters. The highest BCUT2D eigenvalue weighted by molar-refractivity contribution is 6.30. The lowest BCUT2D eigenvalue weighted by Crippen LogP contribution is -2.44. The molecule has 2 fully saturated rings. The fraction of sp³-hybridized carbons (Fsp3) is 0.417. The molecule has 2 aromatic rings. The van der Waals surface area contributed by atoms with Crippen molar-refractivity contribution in [3.63, 3.8) is 0 Å². The van der Waals surface area contributed by atoms with Crippen LogP contribution in [0.4, 0.5) is 10.6 Å². The number of halogens is 1. The van der Waals surface area contributed by atoms with Gasteiger partial charge in [-0.1, -0.05) is 17.7 Å². The molecule has 180 valence electrons. The van der Waals surface area contributed by atoms with E-state index in [1.54, 1.807) is 35.2 Å². The van der Waals surface area contributed by atoms with Gasteiger partial charge >= 0.3 is 6.09 Å². The summed E-state index contributed by atoms with van der Waals surface area (Å²) in [6.45, 7) is 1.07. The Hall–Kier alpha value is -3.33. The van der Waals surface area contributed by atoms with E-state index >= 15 is 0 Å². The van der Waals surface area contributed by atoms with Crippen LogP contribution in [0.5, 0.6) is 5.75 Å². The molecule has 1 saturated carbocycles. The lowest BCUT2D eigenvalue weighted by molar-refractivity contribution is -0.115. The largest absolute Gasteiger partial charge is 0.496 e. The zero-order chi connectivity index (χ0) is 24.1. The summed E-state index contributed by atoms with van der Waals surface area (Å²) in [6.07, 6.45) is 4.29. The van der Waals surface area contributed by atoms with Crippen LogP contribution >= 0.6 is 11.6 Å². The van der Waals surface area contributed by atoms with E-state index < -0.39 is 0 Å². The number of amides is 3. The second-order valence-corrected chi connectivity index (χ2v) is 8.80. The highest BCUT2D eigenvalue weighted by atomic mass is 35.5. The number of cyclic esters (lactones) is 1. The van der Waals surface area contributed by atoms with E-state index in [2.05, 4.69) is 15.6 Å². The molecular formula is C24H27ClN4O5. The van der Waals surface area contributed by atoms with Crippen molar-refractivity contribution in [1.29, 1.82) is 0 Å². The molecule has 34 heavy (non-hydrogen) atoms. The normalized spacial score (nSPS) is 19.9. The first-order valence-electron chi connectivity index (χ1n) is 11.3. The van der Waals surface area contributed by atoms with Crippen molar-refractivity contribution in [3.8, 4) is 5.75 Å². The lowest BCUT2D eigenvalue weighted by Gasteiger charge is -2.33. The van der Waals surface area contributed by atoms with Crippen LogP contribution in [0.1, 0.15) is 41.6 Å². The smallest absolute Gasteiger partial charge is 0.410 e. The number of benzene rings is 1. The van der Waals surface area contributed by atoms with Gasteiger partial charge in [0.25, 0.3) is 5.91 Å². The number of ether oxygens (including phenoxy) is 2. The SMILES string of the molecule is COc1cccc(C(=O)NC2CCC(N3CCOC3=O)CC2)c1CC(=O)Nc1ccc(Cl)cn1. The number of rotatable bonds is 7. The van der Waals surface area contributed by atoms with E-state index in [-0.39, 0.29) is 36.4 Å². The number of methoxy groups -OCH3 is 1. The molecule has 1 aromatic carbocycles. The fourth-order valence-corrected chi connectivity index (χ4v) is 4.59. The quantitative estimate of drug-likeness (QED) is 0.620. The average molecular weight is 487 g/mol. The summed E-state index contributed by atoms with van der Waals surface area (Å²) in [5, 5.41) is 6.27. The first-order valence-corrected chi connectivity index (χ1v) is 11.6. The predicted molar refractivity (Wildman–Crippen MR) is 126 cm³/mol. The minimum atomic E-state index is -0.327. The van der Waals surface area contributed by atoms with Crippen molar-refractivity contribution in [1.82, 2.24) is 15.2 Å². The van der Waals surface area contributed by atoms with Crippen LogP contribution in [-0.4, -0.2) is 60.1 Å². The minimum Gasteiger partial charge on any atom is -0.496 e. The highest BCUT2D eigenvalue weighted by Crippen LogP contribution is 2.27. The van der Waals surface area contributed by atoms with Crippen molar-refractivity contribution in [2.75, 3.05) is 25.6 Å². The number of hydrogen-bond acceptors (Lipinski definition) is 6. The summed E-state index contributed by atoms with van der Waals surface area (Å²) in [6, 6.07) is 8.52. The van der Waals surface area contributed by atoms with Gasteiger partial charge < -0.3 is 25.0 Å². The minimum absolute atomic E-state index is 0.00600. The first kappa shape index (κ1) is 23.8. The number of nitrogens with zero attached hydrogens (tertiary/aromatic N) is 2. The Labute approximate surface area is 202 Å². The topological polar surface area (TPSA) is 110 Å². The van der Waals surface area contributed by atoms with Crippen LogP contribution < -0.4 is 15.4 Å². The van der Waals surface area contributed by atoms with Gasteiger partial charge in [0.1, 0.15) is 18.2 Å². The monoisotopic (exact) mass is 486 g/mol. The van der Waals surface area contributed by atoms with Crippen LogP contribution in [0, 0.1) is 0 Å². The summed E-state index contributed by atoms with van der Waals surface area (Å²) < 4.78 is 10.5. The molecule has 2 N–H and O–H groups in total. The number of anilines is 1. The Balaban J connectivity index is 1.40. The zero-order valence-corrected chi connectivity index (χ0v) is 19.6. The van der Waals surface area contributed by atoms with Crippen LogP contribution in [0.15, 0.2) is 36.5 Å². The number of aromatic nitrogens is 1. The first-order chi connectivity index (χ1) is 16.4. The molecule has 1 aliphatic heterocycles. The van der Waals surface area contributed by atoms with E-state index in [9.17, 15) is 14.4 Å². The van der Waals surface area contributed by atoms with E-state index in [1.807, 2.05) is 0 Å². The van der Waals surface area contributed by atoms with E-state index in [4.69, 9.17) is 21.1 Å². The van der Waals surface area contributed by atoms with Gasteiger partial charge in [0, 0.05) is 29.4 Å². The van der Waals surface area contributed by atoms with E-state index in [0.29, 0.717) is 40.9 Å². The van der Waals surface area contributed by atoms with Gasteiger partial charge in [0.05, 0.1) is 25.1 Å². The molecule has 1 aliphatic carbocycles. The van der Waals surface area contributed by atoms with Gasteiger partial charge in [-0.3, -0.25) is 9.59 Å². The molecule has 9 nitrogen and oxygen atoms in total. The van der Waals surface area contributed by atoms with E-state index in [0.717, 1.165) is 25.7 Å². The second-order valence-electron chi connectivity index (χ2n) is 8.36. The van der Waals surface area contributed by atoms with Crippen molar-refractivity contribution in [2.45, 2.75) is 44.2 Å². The molecule has 1 aromatic heterocycles. The summed E-state index contributed by atoms with van der Waals surface area (Å²) in [5.74, 6) is 0.249. The van der Waals surface area contributed by atoms with Crippen LogP contribution in [0.3, 0.4) is 0 Å². The summed E-state index contributed by atoms with van der Waals surface area (Å²) in [7, 11) is 1.50. The van der Waals surface area contributed by atoms with E-state index in [1.165, 1.54) is 13.3 Å². The zero-order valence-electron chi connectivity index (χ0n) is 18.9. The third-order valence-electron chi connectivity index (χ3n) is 6.19. The molecule has 4 rings (SSSR count). The predicted octanol–water partition coefficient (Wildman–Crippen LogP) is 3.42. The number of nitrogens with one attached hydrogen (secondary N) is 2. The number of pyridine rings is 1. The van der Waals surface area contributed by atoms with Crippen molar-refractivity contribution < 1.29 is 23.9 Å². The van der Waals surface area contributed by atoms with Gasteiger partial charge in [-0.15, -0.1) is 0 Å². The molecule has 2 heterocycles. The van der Waals surface area contributed by atoms with Crippen molar-refractivity contribution >= 4 is 35.3 Å². The highest BCUT2D eigenvalue weighted by Gasteiger charge is 2.33. The molecule has 2 aliphatic rings. The summed E-state index contributed by atoms with van der Waals surface area (Å²) in [4.78, 5) is 43.5. The number of carbonyl (C=O) groups excluding carboxylic acids is 3. The fourth-order valence-electron chi connectivity index (χ4n) is 4.48. The molecule has 0 radical (unpaired) electrons. The summed E-state index contributed by atoms with van der Waals surface area (Å²) in [5.41, 5.74) is 0.895. The summed E-state index contributed by atoms with van der Waals surface area (Å²) >= 11 is 5.84. The standard InChI is InChI=1S/C24H27ClN4O5/c1-33-20-4-2-3-18(19(20)13-22(30)28-21-10-5-15(25)14-26-21)23(31)27-16-6-8-17(9-7-16)29-11-12-34-24(29)32/h2-5,10,14,16-17H,6-9,11-13H2,1H3,(H,27,31)(H,26,28,30). The van der Waals surface area contributed by atoms with Crippen LogP contribution in [-0.2, 0) is 16.0 Å². The Kier molecular flexibility index (Phi) is 7.52. The second kappa shape index (κ2) is 10.7. The van der Waals surface area contributed by atoms with Crippen molar-refractivity contribution in [3.05, 3.63) is 52.7 Å². The molecule has 0 bridgehead atoms. The maximum Gasteiger partial charge on any atom is 0.410 e. The van der Waals surface area contributed by atoms with Crippen LogP contribution in [0.2, 0.25) is 5.02 Å². The Bertz CT molecular complexity index is 1050. The third kappa shape index (κ3) is 5.59. The molecule has 3 amide bonds. The number of carbonyl (C=O) groups is 3. The molecule has 1 saturated heterocycles. The average Bonchev–Trinajstić information content (AvgIpc) is 3.27. The maximum absolute atomic E-state index is 13.2. The van der Waals surface area contributed by atoms with Gasteiger partial charge in [0.2, 0.25) is 5.91 Å². The maximum atomic E-state index is 13.2. The Morgan fingerprint density at radius 3 is 2.65 bits per heavy atom. The Morgan fingerprint density at radius 1 is 1.21 bits per heavy atom. The van der Waals surface area contributed by atoms with Gasteiger partial charge in [-0.05, 0) is 49.9 Å². The Morgan fingerprint density at radius 2 is 2.00 bits per heavy atom. The number of hydrogen-bond donors (Lipinski definition) is 2. The van der Waals surface area contributed by atoms with Crippen molar-refractivity contribution in [2.24, 2.45) is 0 Å². The van der Waals surface area contributed by atoms with Gasteiger partial charge in [-0.25, -0.2) is 9.78 Å². The lowest BCUT2D eigenvalue weighted by atomic mass is 9.90. The molecule has 0 unspecified atom stereocenters. The molecule has 10 heteroatoms. The molecular weight excluding hydrogens is 460 g/mol. The van der Waals surface area contributed by atoms with Gasteiger partial charge in [0.15, 0.2) is 0 Å². The molecule has 0 spiro atoms. The van der Waals surface area contributed by atoms with Gasteiger partial charge in [-0.2, -0.15) is 0 Å².